The molecule has 122 heavy (non-hydrogen) atoms. The van der Waals surface area contributed by atoms with Crippen LogP contribution < -0.4 is 0 Å². The number of ketones is 8. The molecule has 0 aliphatic heterocycles. The molecule has 4 N–H and O–H groups in total. The maximum atomic E-state index is 12.8. The maximum absolute atomic E-state index is 12.8. The topological polar surface area (TPSA) is 244 Å². The fourth-order valence-corrected chi connectivity index (χ4v) is 34.8. The van der Waals surface area contributed by atoms with Crippen molar-refractivity contribution in [3.05, 3.63) is 92.7 Å². The van der Waals surface area contributed by atoms with E-state index in [-0.39, 0.29) is 121 Å². The van der Waals surface area contributed by atoms with E-state index in [4.69, 9.17) is 10.9 Å². The van der Waals surface area contributed by atoms with Gasteiger partial charge in [-0.25, -0.2) is 0 Å². The van der Waals surface area contributed by atoms with Crippen molar-refractivity contribution >= 4 is 52.3 Å². The normalized spacial score (nSPS) is 47.8. The summed E-state index contributed by atoms with van der Waals surface area (Å²) < 4.78 is 5.40. The zero-order valence-corrected chi connectivity index (χ0v) is 81.5. The second kappa shape index (κ2) is 31.6. The molecule has 14 nitrogen and oxygen atoms in total. The minimum atomic E-state index is -1.13. The first kappa shape index (κ1) is 90.8. The molecule has 0 spiro atoms. The van der Waals surface area contributed by atoms with E-state index >= 15 is 0 Å². The van der Waals surface area contributed by atoms with Crippen LogP contribution in [0.2, 0.25) is 0 Å². The van der Waals surface area contributed by atoms with E-state index in [1.165, 1.54) is 46.3 Å². The molecular weight excluding hydrogens is 1730 g/mol. The van der Waals surface area contributed by atoms with Crippen molar-refractivity contribution in [2.24, 2.45) is 149 Å². The Bertz CT molecular complexity index is 4690. The predicted molar refractivity (Wildman–Crippen MR) is 469 cm³/mol. The first-order valence-corrected chi connectivity index (χ1v) is 48.4. The predicted octanol–water partition coefficient (Wildman–Crippen LogP) is 21.3. The average molecular weight is 1880 g/mol. The molecular formula is C107H145AcNO13. The molecule has 13 fully saturated rings. The Morgan fingerprint density at radius 3 is 1.62 bits per heavy atom. The summed E-state index contributed by atoms with van der Waals surface area (Å²) in [6, 6.07) is 0. The number of rotatable bonds is 4. The summed E-state index contributed by atoms with van der Waals surface area (Å²) in [6.45, 7) is 32.6. The molecule has 1 aromatic heterocycles. The fourth-order valence-electron chi connectivity index (χ4n) is 34.8. The van der Waals surface area contributed by atoms with Crippen LogP contribution in [-0.4, -0.2) is 88.7 Å². The van der Waals surface area contributed by atoms with Gasteiger partial charge in [-0.1, -0.05) is 130 Å². The fraction of sp³-hybridized carbons (Fsp3) is 0.748. The smallest absolute Gasteiger partial charge is 0.197 e. The summed E-state index contributed by atoms with van der Waals surface area (Å²) >= 11 is 0. The standard InChI is InChI=1S/C22H25NO2.2C22H32O3.C22H30O2.C19H26O3.Ac/c1-4-22(24)10-8-18-16-6-5-15-11-19-14(13-23-25-19)12-20(15,2)17(16)7-9-21(18,22)3;2*1-13-11-16-17(20(3)8-5-15(24)12-19(13)20)6-9-21(4)18(16)7-10-22(21,25)14(2)23;1-4-20(24)22(3)12-10-19-18-7-5-14-13-15(23)6-8-16(14)17(18)9-11-21(19,22)2;1-18-10-8-15(20)17(22)14(18)4-3-11-12-5-6-16(21)19(12,2)9-7-13(11)18;/h1,5-6,11,13,16-18,24H,7-10,12H2,2-3H3;2*12-13,16-18,25H,5-11H2,1-4H3;13,18-19H,4-12H2,1-3H3;11-13,22H,3-10H2,1-2H3;/t16?,17?,18?,20-,21-,22-;13?,16?,17?,18?,20-,21+,22+;13-,16?,17?,18?,20+,21-,22-;18?,19?,21-,22+;11?,12?,13?,18-,19+;/m01001./s1. The molecule has 0 amide bonds. The number of hydrogen-bond acceptors (Lipinski definition) is 14. The van der Waals surface area contributed by atoms with Gasteiger partial charge in [-0.05, 0) is 369 Å². The summed E-state index contributed by atoms with van der Waals surface area (Å²) in [4.78, 5) is 97.4. The van der Waals surface area contributed by atoms with Gasteiger partial charge in [-0.3, -0.25) is 38.4 Å². The molecule has 1 aromatic rings. The molecule has 0 aromatic carbocycles. The summed E-state index contributed by atoms with van der Waals surface area (Å²) in [5.74, 6) is 14.0. The van der Waals surface area contributed by atoms with E-state index in [2.05, 4.69) is 112 Å². The molecule has 0 bridgehead atoms. The molecule has 13 saturated carbocycles. The summed E-state index contributed by atoms with van der Waals surface area (Å²) in [5, 5.41) is 47.7. The van der Waals surface area contributed by atoms with Gasteiger partial charge in [0.1, 0.15) is 28.4 Å². The van der Waals surface area contributed by atoms with Crippen molar-refractivity contribution < 1.29 is 107 Å². The molecule has 29 atom stereocenters. The largest absolute Gasteiger partial charge is 0.504 e. The van der Waals surface area contributed by atoms with Crippen LogP contribution in [0.4, 0.5) is 0 Å². The second-order valence-corrected chi connectivity index (χ2v) is 46.3. The average Bonchev–Trinajstić information content (AvgIpc) is 1.46. The van der Waals surface area contributed by atoms with Crippen LogP contribution in [0.3, 0.4) is 0 Å². The van der Waals surface area contributed by atoms with Gasteiger partial charge in [-0.2, -0.15) is 0 Å². The van der Waals surface area contributed by atoms with Crippen LogP contribution in [0.1, 0.15) is 340 Å². The van der Waals surface area contributed by atoms with Gasteiger partial charge >= 0.3 is 0 Å². The Morgan fingerprint density at radius 1 is 0.500 bits per heavy atom. The molecule has 1 heterocycles. The number of nitrogens with zero attached hydrogens (tertiary/aromatic N) is 1. The van der Waals surface area contributed by atoms with Crippen LogP contribution in [0.25, 0.3) is 6.08 Å². The Kier molecular flexibility index (Phi) is 23.5. The summed E-state index contributed by atoms with van der Waals surface area (Å²) in [7, 11) is 0. The summed E-state index contributed by atoms with van der Waals surface area (Å²) in [5.41, 5.74) is 7.31. The minimum Gasteiger partial charge on any atom is -0.504 e. The van der Waals surface area contributed by atoms with Crippen LogP contribution in [0.5, 0.6) is 0 Å². The molecule has 20 aliphatic rings. The van der Waals surface area contributed by atoms with E-state index in [1.54, 1.807) is 19.4 Å². The van der Waals surface area contributed by atoms with Crippen molar-refractivity contribution in [3.8, 4) is 12.3 Å². The Labute approximate surface area is 764 Å². The third-order valence-corrected chi connectivity index (χ3v) is 42.3. The molecule has 20 aliphatic carbocycles. The number of fused-ring (bicyclic) bond motifs is 25. The van der Waals surface area contributed by atoms with Crippen molar-refractivity contribution in [2.75, 3.05) is 0 Å². The van der Waals surface area contributed by atoms with Crippen LogP contribution in [0, 0.1) is 205 Å². The minimum absolute atomic E-state index is 0. The molecule has 21 rings (SSSR count). The molecule has 15 unspecified atom stereocenters. The van der Waals surface area contributed by atoms with E-state index < -0.39 is 16.8 Å². The number of aromatic nitrogens is 1. The maximum Gasteiger partial charge on any atom is 0.197 e. The van der Waals surface area contributed by atoms with Crippen molar-refractivity contribution in [1.82, 2.24) is 5.16 Å². The first-order valence-electron chi connectivity index (χ1n) is 48.4. The number of Topliss-reactive ketones (excluding diaryl/α,β-unsaturated/α-hetero) is 5. The quantitative estimate of drug-likeness (QED) is 0.205. The van der Waals surface area contributed by atoms with Crippen LogP contribution in [-0.2, 0) is 44.8 Å². The van der Waals surface area contributed by atoms with Gasteiger partial charge < -0.3 is 24.9 Å². The number of carbonyl (C=O) groups excluding carboxylic acids is 8. The van der Waals surface area contributed by atoms with Crippen molar-refractivity contribution in [3.63, 3.8) is 0 Å². The van der Waals surface area contributed by atoms with Gasteiger partial charge in [-0.15, -0.1) is 6.42 Å². The Morgan fingerprint density at radius 2 is 1.03 bits per heavy atom. The van der Waals surface area contributed by atoms with Crippen molar-refractivity contribution in [1.29, 1.82) is 0 Å². The van der Waals surface area contributed by atoms with Crippen molar-refractivity contribution in [2.45, 2.75) is 352 Å². The third kappa shape index (κ3) is 13.2. The van der Waals surface area contributed by atoms with E-state index in [0.717, 1.165) is 185 Å². The van der Waals surface area contributed by atoms with Crippen LogP contribution >= 0.6 is 0 Å². The SMILES string of the molecule is C#C[C@]1(O)CCC2C3C=CC4=Cc5oncc5C[C@]4(C)C3CC[C@@]21C.CC(=O)[C@@]1(O)CCC2C3CC(C)C4=CC(=O)CC[C@]4(C)C3CC[C@@]21C.CC(=O)[C@@]1(O)CCC2C3C[C@H](C)C4=CC(=O)CC[C@]4(C)C3CC[C@@]21C.CCC(=O)[C@@]1(C)CCC2C3CCC4=CC(=O)CCC4=C3CC[C@@]21C.C[C@]12CCC(=O)C(O)=C1CCC1C2CC[C@]2(C)C(=O)CCC12.[Ac]. The molecule has 659 valence electrons. The molecule has 1 radical (unpaired) electrons. The molecule has 0 saturated heterocycles. The van der Waals surface area contributed by atoms with E-state index in [1.807, 2.05) is 31.3 Å². The third-order valence-electron chi connectivity index (χ3n) is 42.3. The number of terminal acetylenes is 1. The van der Waals surface area contributed by atoms with Gasteiger partial charge in [0.15, 0.2) is 46.2 Å². The zero-order valence-electron chi connectivity index (χ0n) is 76.8. The van der Waals surface area contributed by atoms with Gasteiger partial charge in [0.2, 0.25) is 0 Å². The number of aliphatic hydroxyl groups excluding tert-OH is 1. The molecule has 15 heteroatoms. The van der Waals surface area contributed by atoms with Gasteiger partial charge in [0.25, 0.3) is 0 Å². The van der Waals surface area contributed by atoms with E-state index in [9.17, 15) is 58.8 Å². The van der Waals surface area contributed by atoms with Gasteiger partial charge in [0.05, 0.1) is 6.20 Å². The number of aliphatic hydroxyl groups is 4. The van der Waals surface area contributed by atoms with E-state index in [0.29, 0.717) is 169 Å². The second-order valence-electron chi connectivity index (χ2n) is 46.3. The van der Waals surface area contributed by atoms with Crippen LogP contribution in [0.15, 0.2) is 85.9 Å². The first-order chi connectivity index (χ1) is 57.0. The Hall–Kier alpha value is -4.57. The van der Waals surface area contributed by atoms with Gasteiger partial charge in [0, 0.05) is 121 Å². The summed E-state index contributed by atoms with van der Waals surface area (Å²) in [6.07, 6.45) is 54.2. The zero-order chi connectivity index (χ0) is 86.7. The Balaban J connectivity index is 0.000000113. The monoisotopic (exact) mass is 1880 g/mol. The number of allylic oxidation sites excluding steroid dienone is 10. The number of carbonyl (C=O) groups is 8. The number of hydrogen-bond donors (Lipinski definition) is 4.